The number of aromatic carboxylic acids is 1. The van der Waals surface area contributed by atoms with E-state index < -0.39 is 5.97 Å². The Morgan fingerprint density at radius 2 is 1.42 bits per heavy atom. The second-order valence-electron chi connectivity index (χ2n) is 5.03. The van der Waals surface area contributed by atoms with Gasteiger partial charge in [0.15, 0.2) is 11.5 Å². The first-order valence-electron chi connectivity index (χ1n) is 7.28. The summed E-state index contributed by atoms with van der Waals surface area (Å²) in [4.78, 5) is 10.8. The molecule has 0 aliphatic heterocycles. The van der Waals surface area contributed by atoms with E-state index in [9.17, 15) is 4.79 Å². The molecule has 2 aromatic rings. The highest BCUT2D eigenvalue weighted by molar-refractivity contribution is 5.87. The van der Waals surface area contributed by atoms with Gasteiger partial charge in [0.05, 0.1) is 40.1 Å². The Labute approximate surface area is 140 Å². The third kappa shape index (κ3) is 4.17. The summed E-state index contributed by atoms with van der Waals surface area (Å²) < 4.78 is 21.6. The summed E-state index contributed by atoms with van der Waals surface area (Å²) in [5.41, 5.74) is 2.03. The topological polar surface area (TPSA) is 74.2 Å². The molecule has 1 N–H and O–H groups in total. The van der Waals surface area contributed by atoms with Crippen LogP contribution in [0.25, 0.3) is 0 Å². The fraction of sp³-hybridized carbons (Fsp3) is 0.278. The van der Waals surface area contributed by atoms with Crippen molar-refractivity contribution in [3.63, 3.8) is 0 Å². The Bertz CT molecular complexity index is 668. The molecule has 0 atom stereocenters. The molecule has 24 heavy (non-hydrogen) atoms. The lowest BCUT2D eigenvalue weighted by Crippen LogP contribution is -2.00. The molecule has 0 spiro atoms. The van der Waals surface area contributed by atoms with Crippen LogP contribution in [0, 0.1) is 0 Å². The van der Waals surface area contributed by atoms with Crippen molar-refractivity contribution in [3.05, 3.63) is 53.1 Å². The van der Waals surface area contributed by atoms with Gasteiger partial charge in [0, 0.05) is 0 Å². The van der Waals surface area contributed by atoms with Crippen LogP contribution in [0.2, 0.25) is 0 Å². The Hall–Kier alpha value is -2.73. The molecule has 0 bridgehead atoms. The normalized spacial score (nSPS) is 10.3. The summed E-state index contributed by atoms with van der Waals surface area (Å²) in [6.45, 7) is 0.730. The second kappa shape index (κ2) is 8.21. The molecule has 0 unspecified atom stereocenters. The SMILES string of the molecule is COc1cc(COCc2ccc(C(=O)O)cc2)cc(OC)c1OC. The molecule has 0 radical (unpaired) electrons. The maximum atomic E-state index is 10.8. The van der Waals surface area contributed by atoms with Crippen LogP contribution in [-0.2, 0) is 18.0 Å². The van der Waals surface area contributed by atoms with Gasteiger partial charge >= 0.3 is 5.97 Å². The minimum absolute atomic E-state index is 0.253. The van der Waals surface area contributed by atoms with Crippen LogP contribution in [-0.4, -0.2) is 32.4 Å². The van der Waals surface area contributed by atoms with Gasteiger partial charge < -0.3 is 24.1 Å². The summed E-state index contributed by atoms with van der Waals surface area (Å²) in [6, 6.07) is 10.2. The van der Waals surface area contributed by atoms with Crippen LogP contribution in [0.4, 0.5) is 0 Å². The molecule has 0 fully saturated rings. The maximum absolute atomic E-state index is 10.8. The zero-order valence-corrected chi connectivity index (χ0v) is 13.9. The van der Waals surface area contributed by atoms with Gasteiger partial charge in [-0.05, 0) is 35.4 Å². The molecule has 0 amide bonds. The minimum Gasteiger partial charge on any atom is -0.493 e. The van der Waals surface area contributed by atoms with E-state index in [-0.39, 0.29) is 5.56 Å². The summed E-state index contributed by atoms with van der Waals surface area (Å²) in [5, 5.41) is 8.88. The molecule has 6 heteroatoms. The highest BCUT2D eigenvalue weighted by atomic mass is 16.5. The van der Waals surface area contributed by atoms with E-state index in [2.05, 4.69) is 0 Å². The van der Waals surface area contributed by atoms with Crippen LogP contribution in [0.5, 0.6) is 17.2 Å². The van der Waals surface area contributed by atoms with Crippen molar-refractivity contribution in [2.45, 2.75) is 13.2 Å². The standard InChI is InChI=1S/C18H20O6/c1-21-15-8-13(9-16(22-2)17(15)23-3)11-24-10-12-4-6-14(7-5-12)18(19)20/h4-9H,10-11H2,1-3H3,(H,19,20). The van der Waals surface area contributed by atoms with E-state index in [4.69, 9.17) is 24.1 Å². The van der Waals surface area contributed by atoms with Crippen molar-refractivity contribution in [1.82, 2.24) is 0 Å². The molecule has 128 valence electrons. The van der Waals surface area contributed by atoms with Crippen molar-refractivity contribution in [1.29, 1.82) is 0 Å². The third-order valence-corrected chi connectivity index (χ3v) is 3.46. The van der Waals surface area contributed by atoms with Crippen LogP contribution in [0.3, 0.4) is 0 Å². The second-order valence-corrected chi connectivity index (χ2v) is 5.03. The number of methoxy groups -OCH3 is 3. The first kappa shape index (κ1) is 17.6. The van der Waals surface area contributed by atoms with E-state index in [1.165, 1.54) is 0 Å². The molecule has 0 aliphatic carbocycles. The molecular weight excluding hydrogens is 312 g/mol. The summed E-state index contributed by atoms with van der Waals surface area (Å²) in [7, 11) is 4.68. The molecule has 0 saturated heterocycles. The van der Waals surface area contributed by atoms with Crippen molar-refractivity contribution < 1.29 is 28.8 Å². The van der Waals surface area contributed by atoms with Crippen molar-refractivity contribution >= 4 is 5.97 Å². The number of carboxylic acids is 1. The summed E-state index contributed by atoms with van der Waals surface area (Å²) in [6.07, 6.45) is 0. The Kier molecular flexibility index (Phi) is 6.03. The Morgan fingerprint density at radius 1 is 0.875 bits per heavy atom. The number of carbonyl (C=O) groups is 1. The van der Waals surface area contributed by atoms with Gasteiger partial charge in [0.25, 0.3) is 0 Å². The smallest absolute Gasteiger partial charge is 0.335 e. The van der Waals surface area contributed by atoms with E-state index in [1.54, 1.807) is 45.6 Å². The number of hydrogen-bond donors (Lipinski definition) is 1. The Morgan fingerprint density at radius 3 is 1.88 bits per heavy atom. The van der Waals surface area contributed by atoms with Crippen molar-refractivity contribution in [2.24, 2.45) is 0 Å². The average molecular weight is 332 g/mol. The molecule has 2 rings (SSSR count). The summed E-state index contributed by atoms with van der Waals surface area (Å²) >= 11 is 0. The summed E-state index contributed by atoms with van der Waals surface area (Å²) in [5.74, 6) is 0.732. The van der Waals surface area contributed by atoms with Gasteiger partial charge in [-0.1, -0.05) is 12.1 Å². The van der Waals surface area contributed by atoms with Gasteiger partial charge in [0.1, 0.15) is 0 Å². The van der Waals surface area contributed by atoms with E-state index in [1.807, 2.05) is 12.1 Å². The number of ether oxygens (including phenoxy) is 4. The van der Waals surface area contributed by atoms with Gasteiger partial charge in [-0.15, -0.1) is 0 Å². The lowest BCUT2D eigenvalue weighted by atomic mass is 10.1. The van der Waals surface area contributed by atoms with Crippen molar-refractivity contribution in [2.75, 3.05) is 21.3 Å². The van der Waals surface area contributed by atoms with Crippen molar-refractivity contribution in [3.8, 4) is 17.2 Å². The van der Waals surface area contributed by atoms with Crippen LogP contribution >= 0.6 is 0 Å². The molecule has 6 nitrogen and oxygen atoms in total. The van der Waals surface area contributed by atoms with Gasteiger partial charge in [0.2, 0.25) is 5.75 Å². The van der Waals surface area contributed by atoms with Gasteiger partial charge in [-0.2, -0.15) is 0 Å². The fourth-order valence-corrected chi connectivity index (χ4v) is 2.25. The minimum atomic E-state index is -0.945. The lowest BCUT2D eigenvalue weighted by Gasteiger charge is -2.14. The zero-order chi connectivity index (χ0) is 17.5. The predicted molar refractivity (Wildman–Crippen MR) is 88.0 cm³/mol. The highest BCUT2D eigenvalue weighted by Crippen LogP contribution is 2.38. The molecule has 2 aromatic carbocycles. The third-order valence-electron chi connectivity index (χ3n) is 3.46. The first-order valence-corrected chi connectivity index (χ1v) is 7.28. The maximum Gasteiger partial charge on any atom is 0.335 e. The quantitative estimate of drug-likeness (QED) is 0.800. The zero-order valence-electron chi connectivity index (χ0n) is 13.9. The number of hydrogen-bond acceptors (Lipinski definition) is 5. The Balaban J connectivity index is 2.02. The monoisotopic (exact) mass is 332 g/mol. The van der Waals surface area contributed by atoms with Crippen LogP contribution in [0.1, 0.15) is 21.5 Å². The lowest BCUT2D eigenvalue weighted by molar-refractivity contribution is 0.0696. The van der Waals surface area contributed by atoms with E-state index in [0.29, 0.717) is 30.5 Å². The first-order chi connectivity index (χ1) is 11.6. The van der Waals surface area contributed by atoms with Gasteiger partial charge in [-0.25, -0.2) is 4.79 Å². The van der Waals surface area contributed by atoms with E-state index in [0.717, 1.165) is 11.1 Å². The largest absolute Gasteiger partial charge is 0.493 e. The van der Waals surface area contributed by atoms with Crippen LogP contribution < -0.4 is 14.2 Å². The molecule has 0 heterocycles. The highest BCUT2D eigenvalue weighted by Gasteiger charge is 2.13. The number of rotatable bonds is 8. The molecular formula is C18H20O6. The molecule has 0 saturated carbocycles. The number of benzene rings is 2. The van der Waals surface area contributed by atoms with Gasteiger partial charge in [-0.3, -0.25) is 0 Å². The molecule has 0 aromatic heterocycles. The fourth-order valence-electron chi connectivity index (χ4n) is 2.25. The molecule has 0 aliphatic rings. The predicted octanol–water partition coefficient (Wildman–Crippen LogP) is 3.13. The number of carboxylic acid groups (broad SMARTS) is 1. The van der Waals surface area contributed by atoms with E-state index >= 15 is 0 Å². The average Bonchev–Trinajstić information content (AvgIpc) is 2.61. The van der Waals surface area contributed by atoms with Crippen LogP contribution in [0.15, 0.2) is 36.4 Å².